The zero-order valence-electron chi connectivity index (χ0n) is 12.9. The molecule has 27 heavy (non-hydrogen) atoms. The van der Waals surface area contributed by atoms with E-state index in [4.69, 9.17) is 0 Å². The van der Waals surface area contributed by atoms with Gasteiger partial charge in [-0.1, -0.05) is 19.9 Å². The van der Waals surface area contributed by atoms with E-state index in [1.54, 1.807) is 0 Å². The van der Waals surface area contributed by atoms with Crippen molar-refractivity contribution >= 4 is 5.97 Å². The smallest absolute Gasteiger partial charge is 0.393 e. The Labute approximate surface area is 141 Å². The van der Waals surface area contributed by atoms with Crippen LogP contribution >= 0.6 is 0 Å². The fraction of sp³-hybridized carbons (Fsp3) is 0.750. The molecule has 0 bridgehead atoms. The molecule has 0 aromatic rings. The second-order valence-corrected chi connectivity index (χ2v) is 5.06. The molecule has 0 radical (unpaired) electrons. The van der Waals surface area contributed by atoms with Crippen LogP contribution in [0.1, 0.15) is 19.8 Å². The predicted molar refractivity (Wildman–Crippen MR) is 60.9 cm³/mol. The van der Waals surface area contributed by atoms with E-state index in [1.165, 1.54) is 6.92 Å². The van der Waals surface area contributed by atoms with E-state index in [-0.39, 0.29) is 6.42 Å². The van der Waals surface area contributed by atoms with Gasteiger partial charge < -0.3 is 4.74 Å². The number of esters is 1. The summed E-state index contributed by atoms with van der Waals surface area (Å²) >= 11 is 0. The molecule has 0 fully saturated rings. The van der Waals surface area contributed by atoms with Gasteiger partial charge >= 0.3 is 41.9 Å². The maximum atomic E-state index is 13.2. The van der Waals surface area contributed by atoms with Gasteiger partial charge in [0.05, 0.1) is 0 Å². The Hall–Kier alpha value is -1.70. The van der Waals surface area contributed by atoms with E-state index in [1.807, 2.05) is 0 Å². The second-order valence-electron chi connectivity index (χ2n) is 5.06. The van der Waals surface area contributed by atoms with Crippen LogP contribution in [0.3, 0.4) is 0 Å². The lowest BCUT2D eigenvalue weighted by Crippen LogP contribution is -2.70. The van der Waals surface area contributed by atoms with Crippen molar-refractivity contribution in [1.82, 2.24) is 0 Å². The highest BCUT2D eigenvalue weighted by Crippen LogP contribution is 2.60. The fourth-order valence-electron chi connectivity index (χ4n) is 1.41. The summed E-state index contributed by atoms with van der Waals surface area (Å²) in [7, 11) is 0. The Morgan fingerprint density at radius 1 is 0.741 bits per heavy atom. The summed E-state index contributed by atoms with van der Waals surface area (Å²) in [6.07, 6.45) is -14.9. The average molecular weight is 432 g/mol. The van der Waals surface area contributed by atoms with Gasteiger partial charge in [-0.2, -0.15) is 57.1 Å². The number of carbonyl (C=O) groups excluding carboxylic acids is 1. The van der Waals surface area contributed by atoms with Crippen molar-refractivity contribution in [2.75, 3.05) is 0 Å². The lowest BCUT2D eigenvalue weighted by atomic mass is 9.97. The van der Waals surface area contributed by atoms with Crippen molar-refractivity contribution in [2.24, 2.45) is 0 Å². The largest absolute Gasteiger partial charge is 0.473 e. The highest BCUT2D eigenvalue weighted by molar-refractivity contribution is 5.87. The van der Waals surface area contributed by atoms with Crippen molar-refractivity contribution in [1.29, 1.82) is 0 Å². The monoisotopic (exact) mass is 432 g/mol. The normalized spacial score (nSPS) is 14.9. The third-order valence-electron chi connectivity index (χ3n) is 2.97. The minimum absolute atomic E-state index is 0.0259. The van der Waals surface area contributed by atoms with Crippen LogP contribution in [0, 0.1) is 0 Å². The van der Waals surface area contributed by atoms with Crippen LogP contribution in [0.2, 0.25) is 0 Å². The molecule has 0 aliphatic rings. The van der Waals surface area contributed by atoms with Gasteiger partial charge in [-0.3, -0.25) is 0 Å². The minimum Gasteiger partial charge on any atom is -0.393 e. The maximum absolute atomic E-state index is 13.2. The van der Waals surface area contributed by atoms with Gasteiger partial charge in [0.2, 0.25) is 0 Å². The van der Waals surface area contributed by atoms with E-state index in [9.17, 15) is 61.9 Å². The molecular weight excluding hydrogens is 423 g/mol. The van der Waals surface area contributed by atoms with Crippen molar-refractivity contribution in [3.05, 3.63) is 12.2 Å². The molecular formula is C12H9F13O2. The molecule has 0 spiro atoms. The molecule has 160 valence electrons. The van der Waals surface area contributed by atoms with Crippen molar-refractivity contribution in [2.45, 2.75) is 55.7 Å². The Kier molecular flexibility index (Phi) is 6.59. The zero-order valence-corrected chi connectivity index (χ0v) is 12.9. The molecule has 0 unspecified atom stereocenters. The molecule has 15 heteroatoms. The number of ether oxygens (including phenoxy) is 1. The van der Waals surface area contributed by atoms with Crippen LogP contribution in [0.4, 0.5) is 57.1 Å². The first-order chi connectivity index (χ1) is 11.6. The number of hydrogen-bond donors (Lipinski definition) is 0. The number of alkyl halides is 13. The fourth-order valence-corrected chi connectivity index (χ4v) is 1.41. The zero-order chi connectivity index (χ0) is 22.3. The first kappa shape index (κ1) is 25.3. The topological polar surface area (TPSA) is 26.3 Å². The molecule has 0 saturated heterocycles. The van der Waals surface area contributed by atoms with Gasteiger partial charge in [-0.05, 0) is 6.42 Å². The summed E-state index contributed by atoms with van der Waals surface area (Å²) in [6, 6.07) is 0. The Bertz CT molecular complexity index is 576. The molecule has 0 heterocycles. The molecule has 0 atom stereocenters. The predicted octanol–water partition coefficient (Wildman–Crippen LogP) is 5.58. The minimum atomic E-state index is -8.04. The number of carbonyl (C=O) groups is 1. The van der Waals surface area contributed by atoms with Gasteiger partial charge in [0.1, 0.15) is 0 Å². The van der Waals surface area contributed by atoms with Crippen molar-refractivity contribution in [3.63, 3.8) is 0 Å². The standard InChI is InChI=1S/C12H9F13O2/c1-3-4-5(2)6(26)27-12(24,25)10(19,20)8(15,16)7(13,14)9(17,18)11(21,22)23/h2-4H2,1H3. The number of rotatable bonds is 8. The molecule has 0 rings (SSSR count). The van der Waals surface area contributed by atoms with Crippen molar-refractivity contribution in [3.8, 4) is 0 Å². The van der Waals surface area contributed by atoms with Gasteiger partial charge in [-0.25, -0.2) is 4.79 Å². The summed E-state index contributed by atoms with van der Waals surface area (Å²) in [5, 5.41) is 0. The van der Waals surface area contributed by atoms with E-state index in [0.29, 0.717) is 0 Å². The number of hydrogen-bond acceptors (Lipinski definition) is 2. The summed E-state index contributed by atoms with van der Waals surface area (Å²) in [5.74, 6) is -34.0. The highest BCUT2D eigenvalue weighted by atomic mass is 19.4. The Morgan fingerprint density at radius 2 is 1.11 bits per heavy atom. The van der Waals surface area contributed by atoms with Crippen LogP contribution in [-0.2, 0) is 9.53 Å². The Balaban J connectivity index is 6.08. The maximum Gasteiger partial charge on any atom is 0.473 e. The van der Waals surface area contributed by atoms with E-state index >= 15 is 0 Å². The SMILES string of the molecule is C=C(CCC)C(=O)OC(F)(F)C(F)(F)C(F)(F)C(F)(F)C(F)(F)C(F)(F)F. The molecule has 0 aliphatic heterocycles. The third-order valence-corrected chi connectivity index (χ3v) is 2.97. The van der Waals surface area contributed by atoms with Crippen molar-refractivity contribution < 1.29 is 66.6 Å². The van der Waals surface area contributed by atoms with Crippen LogP contribution in [0.5, 0.6) is 0 Å². The quantitative estimate of drug-likeness (QED) is 0.284. The van der Waals surface area contributed by atoms with E-state index in [0.717, 1.165) is 0 Å². The highest BCUT2D eigenvalue weighted by Gasteiger charge is 2.91. The van der Waals surface area contributed by atoms with E-state index in [2.05, 4.69) is 11.3 Å². The molecule has 0 aliphatic carbocycles. The molecule has 0 N–H and O–H groups in total. The molecule has 0 aromatic heterocycles. The molecule has 0 saturated carbocycles. The molecule has 0 aromatic carbocycles. The second kappa shape index (κ2) is 7.04. The summed E-state index contributed by atoms with van der Waals surface area (Å²) in [5.41, 5.74) is -1.01. The van der Waals surface area contributed by atoms with Crippen LogP contribution in [-0.4, -0.2) is 41.9 Å². The number of halogens is 13. The van der Waals surface area contributed by atoms with Gasteiger partial charge in [0, 0.05) is 5.57 Å². The third kappa shape index (κ3) is 3.95. The Morgan fingerprint density at radius 3 is 1.44 bits per heavy atom. The molecule has 2 nitrogen and oxygen atoms in total. The van der Waals surface area contributed by atoms with Gasteiger partial charge in [0.25, 0.3) is 0 Å². The van der Waals surface area contributed by atoms with E-state index < -0.39 is 53.9 Å². The van der Waals surface area contributed by atoms with Crippen LogP contribution in [0.25, 0.3) is 0 Å². The van der Waals surface area contributed by atoms with Gasteiger partial charge in [0.15, 0.2) is 0 Å². The average Bonchev–Trinajstić information content (AvgIpc) is 2.44. The first-order valence-corrected chi connectivity index (χ1v) is 6.48. The summed E-state index contributed by atoms with van der Waals surface area (Å²) < 4.78 is 168. The van der Waals surface area contributed by atoms with Crippen LogP contribution in [0.15, 0.2) is 12.2 Å². The first-order valence-electron chi connectivity index (χ1n) is 6.48. The lowest BCUT2D eigenvalue weighted by molar-refractivity contribution is -0.460. The summed E-state index contributed by atoms with van der Waals surface area (Å²) in [4.78, 5) is 11.0. The molecule has 0 amide bonds. The lowest BCUT2D eigenvalue weighted by Gasteiger charge is -2.38. The van der Waals surface area contributed by atoms with Crippen LogP contribution < -0.4 is 0 Å². The summed E-state index contributed by atoms with van der Waals surface area (Å²) in [6.45, 7) is 4.04. The van der Waals surface area contributed by atoms with Gasteiger partial charge in [-0.15, -0.1) is 0 Å².